The number of benzene rings is 2. The number of aliphatic hydroxyl groups is 1. The predicted molar refractivity (Wildman–Crippen MR) is 138 cm³/mol. The number of imidazole rings is 1. The minimum atomic E-state index is -0.814. The SMILES string of the molecule is CC(C)c1ccccc1-c1ncc2[nH]c(=O)n(Cc3ccc(C(O)NCc4cnn(C)c4)cc3)c2n1. The molecule has 0 saturated carbocycles. The van der Waals surface area contributed by atoms with Crippen LogP contribution in [0.4, 0.5) is 0 Å². The van der Waals surface area contributed by atoms with E-state index in [2.05, 4.69) is 40.3 Å². The van der Waals surface area contributed by atoms with Gasteiger partial charge in [0.15, 0.2) is 11.5 Å². The lowest BCUT2D eigenvalue weighted by atomic mass is 9.97. The van der Waals surface area contributed by atoms with Crippen LogP contribution in [0, 0.1) is 0 Å². The van der Waals surface area contributed by atoms with Gasteiger partial charge in [-0.1, -0.05) is 62.4 Å². The Morgan fingerprint density at radius 1 is 1.06 bits per heavy atom. The van der Waals surface area contributed by atoms with Crippen LogP contribution in [-0.4, -0.2) is 34.4 Å². The van der Waals surface area contributed by atoms with Gasteiger partial charge in [-0.2, -0.15) is 5.10 Å². The van der Waals surface area contributed by atoms with Crippen molar-refractivity contribution >= 4 is 11.2 Å². The van der Waals surface area contributed by atoms with Gasteiger partial charge < -0.3 is 10.1 Å². The third-order valence-electron chi connectivity index (χ3n) is 6.23. The molecular weight excluding hydrogens is 454 g/mol. The molecule has 0 bridgehead atoms. The predicted octanol–water partition coefficient (Wildman–Crippen LogP) is 3.47. The Bertz CT molecular complexity index is 1550. The molecule has 0 radical (unpaired) electrons. The van der Waals surface area contributed by atoms with Gasteiger partial charge in [0, 0.05) is 30.9 Å². The second kappa shape index (κ2) is 9.88. The third kappa shape index (κ3) is 4.84. The number of rotatable bonds is 8. The number of fused-ring (bicyclic) bond motifs is 1. The van der Waals surface area contributed by atoms with Crippen LogP contribution in [0.5, 0.6) is 0 Å². The highest BCUT2D eigenvalue weighted by atomic mass is 16.3. The number of hydrogen-bond donors (Lipinski definition) is 3. The van der Waals surface area contributed by atoms with Gasteiger partial charge in [-0.15, -0.1) is 0 Å². The van der Waals surface area contributed by atoms with E-state index in [9.17, 15) is 9.90 Å². The van der Waals surface area contributed by atoms with Crippen LogP contribution in [-0.2, 0) is 20.1 Å². The Morgan fingerprint density at radius 2 is 1.83 bits per heavy atom. The summed E-state index contributed by atoms with van der Waals surface area (Å²) in [5.41, 5.74) is 5.69. The summed E-state index contributed by atoms with van der Waals surface area (Å²) in [4.78, 5) is 24.9. The molecule has 0 amide bonds. The van der Waals surface area contributed by atoms with Crippen molar-refractivity contribution in [2.75, 3.05) is 0 Å². The lowest BCUT2D eigenvalue weighted by molar-refractivity contribution is 0.137. The molecule has 3 aromatic heterocycles. The molecule has 0 fully saturated rings. The lowest BCUT2D eigenvalue weighted by Crippen LogP contribution is -2.20. The van der Waals surface area contributed by atoms with E-state index in [4.69, 9.17) is 4.98 Å². The second-order valence-electron chi connectivity index (χ2n) is 9.24. The van der Waals surface area contributed by atoms with E-state index >= 15 is 0 Å². The molecule has 36 heavy (non-hydrogen) atoms. The summed E-state index contributed by atoms with van der Waals surface area (Å²) in [6, 6.07) is 15.6. The van der Waals surface area contributed by atoms with E-state index in [1.807, 2.05) is 55.7 Å². The van der Waals surface area contributed by atoms with Gasteiger partial charge >= 0.3 is 5.69 Å². The average molecular weight is 484 g/mol. The summed E-state index contributed by atoms with van der Waals surface area (Å²) in [6.45, 7) is 5.13. The van der Waals surface area contributed by atoms with E-state index < -0.39 is 6.23 Å². The number of aliphatic hydroxyl groups excluding tert-OH is 1. The molecule has 0 aliphatic rings. The van der Waals surface area contributed by atoms with E-state index in [-0.39, 0.29) is 5.69 Å². The zero-order chi connectivity index (χ0) is 25.2. The smallest absolute Gasteiger partial charge is 0.328 e. The molecule has 5 aromatic rings. The van der Waals surface area contributed by atoms with E-state index in [0.29, 0.717) is 36.0 Å². The van der Waals surface area contributed by atoms with Crippen molar-refractivity contribution in [1.29, 1.82) is 0 Å². The summed E-state index contributed by atoms with van der Waals surface area (Å²) in [5, 5.41) is 17.7. The molecule has 0 aliphatic heterocycles. The number of H-pyrrole nitrogens is 1. The maximum Gasteiger partial charge on any atom is 0.328 e. The molecule has 5 rings (SSSR count). The van der Waals surface area contributed by atoms with Crippen molar-refractivity contribution < 1.29 is 5.11 Å². The molecule has 2 aromatic carbocycles. The fourth-order valence-electron chi connectivity index (χ4n) is 4.31. The van der Waals surface area contributed by atoms with Crippen LogP contribution < -0.4 is 11.0 Å². The van der Waals surface area contributed by atoms with Crippen LogP contribution in [0.2, 0.25) is 0 Å². The summed E-state index contributed by atoms with van der Waals surface area (Å²) in [6.07, 6.45) is 4.52. The first-order valence-corrected chi connectivity index (χ1v) is 11.9. The van der Waals surface area contributed by atoms with Crippen LogP contribution in [0.15, 0.2) is 71.9 Å². The van der Waals surface area contributed by atoms with Gasteiger partial charge in [-0.3, -0.25) is 14.6 Å². The number of aromatic amines is 1. The molecular formula is C27H29N7O2. The summed E-state index contributed by atoms with van der Waals surface area (Å²) in [5.74, 6) is 0.916. The van der Waals surface area contributed by atoms with Crippen LogP contribution in [0.1, 0.15) is 48.2 Å². The van der Waals surface area contributed by atoms with Gasteiger partial charge in [0.25, 0.3) is 0 Å². The zero-order valence-electron chi connectivity index (χ0n) is 20.5. The van der Waals surface area contributed by atoms with Gasteiger partial charge in [0.2, 0.25) is 0 Å². The van der Waals surface area contributed by atoms with Crippen molar-refractivity contribution in [1.82, 2.24) is 34.6 Å². The van der Waals surface area contributed by atoms with Crippen LogP contribution >= 0.6 is 0 Å². The first-order chi connectivity index (χ1) is 17.4. The minimum Gasteiger partial charge on any atom is -0.374 e. The monoisotopic (exact) mass is 483 g/mol. The fraction of sp³-hybridized carbons (Fsp3) is 0.259. The molecule has 9 heteroatoms. The Kier molecular flexibility index (Phi) is 6.49. The number of hydrogen-bond acceptors (Lipinski definition) is 6. The summed E-state index contributed by atoms with van der Waals surface area (Å²) < 4.78 is 3.34. The Balaban J connectivity index is 1.37. The largest absolute Gasteiger partial charge is 0.374 e. The minimum absolute atomic E-state index is 0.240. The molecule has 0 aliphatic carbocycles. The molecule has 1 unspecified atom stereocenters. The summed E-state index contributed by atoms with van der Waals surface area (Å²) >= 11 is 0. The molecule has 184 valence electrons. The van der Waals surface area contributed by atoms with Crippen molar-refractivity contribution in [2.45, 2.75) is 39.1 Å². The first-order valence-electron chi connectivity index (χ1n) is 11.9. The van der Waals surface area contributed by atoms with Crippen molar-refractivity contribution in [3.63, 3.8) is 0 Å². The fourth-order valence-corrected chi connectivity index (χ4v) is 4.31. The van der Waals surface area contributed by atoms with Gasteiger partial charge in [0.1, 0.15) is 11.7 Å². The third-order valence-corrected chi connectivity index (χ3v) is 6.23. The molecule has 3 N–H and O–H groups in total. The van der Waals surface area contributed by atoms with Gasteiger partial charge in [-0.05, 0) is 22.6 Å². The number of aryl methyl sites for hydroxylation is 1. The Labute approximate surface area is 208 Å². The maximum absolute atomic E-state index is 12.7. The first kappa shape index (κ1) is 23.7. The topological polar surface area (TPSA) is 114 Å². The van der Waals surface area contributed by atoms with E-state index in [1.54, 1.807) is 21.6 Å². The lowest BCUT2D eigenvalue weighted by Gasteiger charge is -2.13. The van der Waals surface area contributed by atoms with Crippen molar-refractivity contribution in [3.05, 3.63) is 99.9 Å². The highest BCUT2D eigenvalue weighted by Crippen LogP contribution is 2.27. The van der Waals surface area contributed by atoms with Crippen molar-refractivity contribution in [2.24, 2.45) is 7.05 Å². The molecule has 0 spiro atoms. The van der Waals surface area contributed by atoms with Gasteiger partial charge in [0.05, 0.1) is 18.9 Å². The zero-order valence-corrected chi connectivity index (χ0v) is 20.5. The Hall–Kier alpha value is -4.08. The second-order valence-corrected chi connectivity index (χ2v) is 9.24. The van der Waals surface area contributed by atoms with Gasteiger partial charge in [-0.25, -0.2) is 14.8 Å². The number of nitrogens with one attached hydrogen (secondary N) is 2. The highest BCUT2D eigenvalue weighted by molar-refractivity contribution is 5.73. The highest BCUT2D eigenvalue weighted by Gasteiger charge is 2.15. The van der Waals surface area contributed by atoms with Crippen molar-refractivity contribution in [3.8, 4) is 11.4 Å². The van der Waals surface area contributed by atoms with E-state index in [1.165, 1.54) is 0 Å². The van der Waals surface area contributed by atoms with Crippen LogP contribution in [0.3, 0.4) is 0 Å². The standard InChI is InChI=1S/C27H29N7O2/c1-17(2)21-6-4-5-7-22(21)24-28-14-23-25(32-24)34(27(36)31-23)16-18-8-10-20(11-9-18)26(35)29-12-19-13-30-33(3)15-19/h4-11,13-15,17,26,29,35H,12,16H2,1-3H3,(H,31,36). The average Bonchev–Trinajstić information content (AvgIpc) is 3.44. The van der Waals surface area contributed by atoms with Crippen LogP contribution in [0.25, 0.3) is 22.6 Å². The quantitative estimate of drug-likeness (QED) is 0.291. The molecule has 0 saturated heterocycles. The molecule has 9 nitrogen and oxygen atoms in total. The Morgan fingerprint density at radius 3 is 2.56 bits per heavy atom. The van der Waals surface area contributed by atoms with E-state index in [0.717, 1.165) is 27.8 Å². The maximum atomic E-state index is 12.7. The molecule has 3 heterocycles. The normalized spacial score (nSPS) is 12.5. The number of aromatic nitrogens is 6. The number of nitrogens with zero attached hydrogens (tertiary/aromatic N) is 5. The summed E-state index contributed by atoms with van der Waals surface area (Å²) in [7, 11) is 1.86. The molecule has 1 atom stereocenters.